The van der Waals surface area contributed by atoms with Crippen molar-refractivity contribution in [3.8, 4) is 0 Å². The van der Waals surface area contributed by atoms with Gasteiger partial charge in [0.25, 0.3) is 5.91 Å². The summed E-state index contributed by atoms with van der Waals surface area (Å²) in [6.07, 6.45) is 0.121. The molecule has 1 heterocycles. The summed E-state index contributed by atoms with van der Waals surface area (Å²) >= 11 is 1.72. The topological polar surface area (TPSA) is 29.5 Å². The Morgan fingerprint density at radius 2 is 1.86 bits per heavy atom. The number of carbonyl (C=O) groups is 1. The van der Waals surface area contributed by atoms with Gasteiger partial charge < -0.3 is 9.55 Å². The highest BCUT2D eigenvalue weighted by Gasteiger charge is 2.59. The number of aryl methyl sites for hydroxylation is 1. The van der Waals surface area contributed by atoms with E-state index in [1.165, 1.54) is 5.56 Å². The molecule has 1 aromatic rings. The normalized spacial score (nSPS) is 19.1. The van der Waals surface area contributed by atoms with Gasteiger partial charge in [-0.15, -0.1) is 11.6 Å². The fourth-order valence-electron chi connectivity index (χ4n) is 2.20. The van der Waals surface area contributed by atoms with Gasteiger partial charge in [0, 0.05) is 35.5 Å². The molecule has 1 aliphatic heterocycles. The first kappa shape index (κ1) is 16.4. The molecule has 0 spiro atoms. The van der Waals surface area contributed by atoms with Gasteiger partial charge in [-0.25, -0.2) is 0 Å². The quantitative estimate of drug-likeness (QED) is 0.794. The summed E-state index contributed by atoms with van der Waals surface area (Å²) in [4.78, 5) is 14.8. The molecule has 0 radical (unpaired) electrons. The Morgan fingerprint density at radius 3 is 2.33 bits per heavy atom. The summed E-state index contributed by atoms with van der Waals surface area (Å²) in [6.45, 7) is 10.8. The second-order valence-corrected chi connectivity index (χ2v) is 8.08. The highest BCUT2D eigenvalue weighted by Crippen LogP contribution is 2.58. The first-order valence-corrected chi connectivity index (χ1v) is 8.11. The molecule has 0 bridgehead atoms. The molecular weight excluding hydrogens is 281 g/mol. The third-order valence-electron chi connectivity index (χ3n) is 4.62. The summed E-state index contributed by atoms with van der Waals surface area (Å²) in [5, 5.41) is 0.103. The number of hydrogen-bond acceptors (Lipinski definition) is 3. The SMILES string of the molecule is Cc1ccc(C(=O)N(C)C)cc1SB1OC(C)(C)C1(C)C. The lowest BCUT2D eigenvalue weighted by Crippen LogP contribution is -2.59. The molecular formula is C16H24BNO2S. The van der Waals surface area contributed by atoms with Crippen molar-refractivity contribution in [1.29, 1.82) is 0 Å². The van der Waals surface area contributed by atoms with Gasteiger partial charge in [-0.3, -0.25) is 4.79 Å². The smallest absolute Gasteiger partial charge is 0.375 e. The number of rotatable bonds is 3. The van der Waals surface area contributed by atoms with Crippen molar-refractivity contribution in [2.45, 2.75) is 50.4 Å². The molecule has 21 heavy (non-hydrogen) atoms. The van der Waals surface area contributed by atoms with Gasteiger partial charge in [-0.05, 0) is 38.5 Å². The Labute approximate surface area is 132 Å². The zero-order valence-electron chi connectivity index (χ0n) is 14.0. The fourth-order valence-corrected chi connectivity index (χ4v) is 3.74. The molecule has 3 nitrogen and oxygen atoms in total. The molecule has 1 fully saturated rings. The Bertz CT molecular complexity index is 569. The van der Waals surface area contributed by atoms with E-state index in [1.54, 1.807) is 30.6 Å². The van der Waals surface area contributed by atoms with Gasteiger partial charge in [0.1, 0.15) is 0 Å². The summed E-state index contributed by atoms with van der Waals surface area (Å²) in [6, 6.07) is 5.88. The van der Waals surface area contributed by atoms with E-state index in [9.17, 15) is 4.79 Å². The number of carbonyl (C=O) groups excluding carboxylic acids is 1. The van der Waals surface area contributed by atoms with Crippen molar-refractivity contribution < 1.29 is 9.45 Å². The molecule has 1 amide bonds. The predicted octanol–water partition coefficient (Wildman–Crippen LogP) is 3.87. The van der Waals surface area contributed by atoms with Gasteiger partial charge in [0.05, 0.1) is 0 Å². The van der Waals surface area contributed by atoms with E-state index < -0.39 is 0 Å². The minimum atomic E-state index is -0.102. The van der Waals surface area contributed by atoms with Gasteiger partial charge in [-0.1, -0.05) is 19.9 Å². The minimum Gasteiger partial charge on any atom is -0.420 e. The first-order valence-electron chi connectivity index (χ1n) is 7.23. The van der Waals surface area contributed by atoms with Crippen LogP contribution in [0.5, 0.6) is 0 Å². The summed E-state index contributed by atoms with van der Waals surface area (Å²) in [5.41, 5.74) is 1.80. The van der Waals surface area contributed by atoms with Gasteiger partial charge in [0.2, 0.25) is 0 Å². The van der Waals surface area contributed by atoms with E-state index in [4.69, 9.17) is 4.65 Å². The second-order valence-electron chi connectivity index (χ2n) is 6.98. The van der Waals surface area contributed by atoms with Crippen LogP contribution < -0.4 is 0 Å². The molecule has 0 atom stereocenters. The van der Waals surface area contributed by atoms with E-state index >= 15 is 0 Å². The van der Waals surface area contributed by atoms with E-state index in [-0.39, 0.29) is 23.0 Å². The summed E-state index contributed by atoms with van der Waals surface area (Å²) < 4.78 is 6.02. The maximum Gasteiger partial charge on any atom is 0.375 e. The highest BCUT2D eigenvalue weighted by molar-refractivity contribution is 8.25. The molecule has 0 aromatic heterocycles. The van der Waals surface area contributed by atoms with Gasteiger partial charge in [0.15, 0.2) is 0 Å². The van der Waals surface area contributed by atoms with Crippen LogP contribution in [0.3, 0.4) is 0 Å². The van der Waals surface area contributed by atoms with Crippen LogP contribution >= 0.6 is 11.6 Å². The van der Waals surface area contributed by atoms with Crippen LogP contribution in [-0.4, -0.2) is 36.7 Å². The number of nitrogens with zero attached hydrogens (tertiary/aromatic N) is 1. The minimum absolute atomic E-state index is 0.0333. The molecule has 1 aliphatic rings. The highest BCUT2D eigenvalue weighted by atomic mass is 32.2. The van der Waals surface area contributed by atoms with Crippen LogP contribution in [0.4, 0.5) is 0 Å². The molecule has 1 saturated heterocycles. The molecule has 2 rings (SSSR count). The standard InChI is InChI=1S/C16H24BNO2S/c1-11-8-9-12(14(19)18(6)7)10-13(11)21-17-15(2,3)16(4,5)20-17/h8-10H,1-7H3. The number of hydrogen-bond donors (Lipinski definition) is 0. The van der Waals surface area contributed by atoms with Crippen molar-refractivity contribution in [3.05, 3.63) is 29.3 Å². The summed E-state index contributed by atoms with van der Waals surface area (Å²) in [5.74, 6) is 0.0333. The van der Waals surface area contributed by atoms with Crippen LogP contribution in [0.2, 0.25) is 5.31 Å². The Hall–Kier alpha value is -0.935. The van der Waals surface area contributed by atoms with E-state index in [2.05, 4.69) is 34.6 Å². The monoisotopic (exact) mass is 305 g/mol. The van der Waals surface area contributed by atoms with Crippen LogP contribution in [0, 0.1) is 6.92 Å². The molecule has 0 aliphatic carbocycles. The molecule has 1 aromatic carbocycles. The molecule has 0 saturated carbocycles. The lowest BCUT2D eigenvalue weighted by molar-refractivity contribution is -0.00483. The van der Waals surface area contributed by atoms with E-state index in [1.807, 2.05) is 18.2 Å². The van der Waals surface area contributed by atoms with Crippen molar-refractivity contribution in [1.82, 2.24) is 4.90 Å². The van der Waals surface area contributed by atoms with Gasteiger partial charge in [-0.2, -0.15) is 0 Å². The largest absolute Gasteiger partial charge is 0.420 e. The van der Waals surface area contributed by atoms with Crippen LogP contribution in [0.15, 0.2) is 23.1 Å². The average Bonchev–Trinajstić information content (AvgIpc) is 2.39. The third kappa shape index (κ3) is 2.86. The summed E-state index contributed by atoms with van der Waals surface area (Å²) in [7, 11) is 3.55. The Balaban J connectivity index is 2.22. The maximum absolute atomic E-state index is 12.1. The molecule has 0 N–H and O–H groups in total. The Morgan fingerprint density at radius 1 is 1.24 bits per heavy atom. The molecule has 0 unspecified atom stereocenters. The molecule has 5 heteroatoms. The second kappa shape index (κ2) is 5.36. The lowest BCUT2D eigenvalue weighted by atomic mass is 9.49. The van der Waals surface area contributed by atoms with Crippen LogP contribution in [0.25, 0.3) is 0 Å². The third-order valence-corrected chi connectivity index (χ3v) is 6.21. The maximum atomic E-state index is 12.1. The van der Waals surface area contributed by atoms with Crippen LogP contribution in [-0.2, 0) is 4.65 Å². The van der Waals surface area contributed by atoms with Crippen molar-refractivity contribution in [2.75, 3.05) is 14.1 Å². The van der Waals surface area contributed by atoms with Crippen molar-refractivity contribution in [3.63, 3.8) is 0 Å². The molecule has 114 valence electrons. The van der Waals surface area contributed by atoms with E-state index in [0.717, 1.165) is 10.5 Å². The predicted molar refractivity (Wildman–Crippen MR) is 90.0 cm³/mol. The Kier molecular flexibility index (Phi) is 4.20. The van der Waals surface area contributed by atoms with E-state index in [0.29, 0.717) is 0 Å². The fraction of sp³-hybridized carbons (Fsp3) is 0.562. The lowest BCUT2D eigenvalue weighted by Gasteiger charge is -2.56. The zero-order valence-corrected chi connectivity index (χ0v) is 14.8. The number of benzene rings is 1. The van der Waals surface area contributed by atoms with Crippen LogP contribution in [0.1, 0.15) is 43.6 Å². The van der Waals surface area contributed by atoms with Crippen molar-refractivity contribution >= 4 is 23.7 Å². The van der Waals surface area contributed by atoms with Gasteiger partial charge >= 0.3 is 6.19 Å². The number of amides is 1. The first-order chi connectivity index (χ1) is 9.56. The van der Waals surface area contributed by atoms with Crippen molar-refractivity contribution in [2.24, 2.45) is 0 Å². The average molecular weight is 305 g/mol. The zero-order chi connectivity index (χ0) is 16.0.